The van der Waals surface area contributed by atoms with Crippen LogP contribution in [0.2, 0.25) is 0 Å². The van der Waals surface area contributed by atoms with Crippen LogP contribution in [0.4, 0.5) is 0 Å². The number of phenolic OH excluding ortho intramolecular Hbond substituents is 1. The number of amides is 1. The fraction of sp³-hybridized carbons (Fsp3) is 0.0455. The minimum atomic E-state index is -1.20. The molecule has 2 aromatic carbocycles. The van der Waals surface area contributed by atoms with Gasteiger partial charge in [0.15, 0.2) is 5.78 Å². The number of hydrogen-bond donors (Lipinski definition) is 4. The van der Waals surface area contributed by atoms with E-state index in [0.717, 1.165) is 22.3 Å². The molecule has 2 aliphatic carbocycles. The quantitative estimate of drug-likeness (QED) is 0.362. The maximum Gasteiger partial charge on any atom is 0.336 e. The van der Waals surface area contributed by atoms with Crippen molar-refractivity contribution in [1.29, 1.82) is 0 Å². The van der Waals surface area contributed by atoms with E-state index >= 15 is 0 Å². The fourth-order valence-corrected chi connectivity index (χ4v) is 3.73. The Hall–Kier alpha value is -3.97. The largest absolute Gasteiger partial charge is 0.508 e. The minimum absolute atomic E-state index is 0.0702. The summed E-state index contributed by atoms with van der Waals surface area (Å²) in [6.45, 7) is 0. The van der Waals surface area contributed by atoms with E-state index in [4.69, 9.17) is 5.84 Å². The van der Waals surface area contributed by atoms with Gasteiger partial charge in [-0.3, -0.25) is 15.0 Å². The number of carboxylic acids is 1. The number of carbonyl (C=O) groups excluding carboxylic acids is 2. The summed E-state index contributed by atoms with van der Waals surface area (Å²) in [7, 11) is 0. The third-order valence-corrected chi connectivity index (χ3v) is 5.00. The monoisotopic (exact) mass is 388 g/mol. The van der Waals surface area contributed by atoms with E-state index in [9.17, 15) is 24.6 Å². The van der Waals surface area contributed by atoms with Crippen LogP contribution in [0.3, 0.4) is 0 Å². The number of nitrogens with one attached hydrogen (secondary N) is 1. The predicted octanol–water partition coefficient (Wildman–Crippen LogP) is 2.12. The average Bonchev–Trinajstić information content (AvgIpc) is 2.70. The van der Waals surface area contributed by atoms with Crippen LogP contribution in [0.15, 0.2) is 65.8 Å². The summed E-state index contributed by atoms with van der Waals surface area (Å²) >= 11 is 0. The lowest BCUT2D eigenvalue weighted by Gasteiger charge is -2.27. The molecule has 1 amide bonds. The van der Waals surface area contributed by atoms with Crippen LogP contribution in [0.5, 0.6) is 5.75 Å². The molecule has 0 aliphatic heterocycles. The summed E-state index contributed by atoms with van der Waals surface area (Å²) in [4.78, 5) is 35.7. The van der Waals surface area contributed by atoms with Crippen molar-refractivity contribution in [2.45, 2.75) is 6.42 Å². The zero-order valence-electron chi connectivity index (χ0n) is 15.1. The Morgan fingerprint density at radius 1 is 1.03 bits per heavy atom. The molecule has 144 valence electrons. The number of hydrogen-bond acceptors (Lipinski definition) is 5. The SMILES string of the molecule is NNC(=O)c1ccc(C2=C3C=CC(=O)C=C3Cc3cc(O)ccc32)c(C(=O)O)c1. The number of phenols is 1. The Bertz CT molecular complexity index is 1190. The van der Waals surface area contributed by atoms with E-state index in [1.54, 1.807) is 24.3 Å². The van der Waals surface area contributed by atoms with E-state index in [1.807, 2.05) is 5.43 Å². The Morgan fingerprint density at radius 2 is 1.79 bits per heavy atom. The number of benzene rings is 2. The molecule has 7 heteroatoms. The first kappa shape index (κ1) is 18.4. The highest BCUT2D eigenvalue weighted by Gasteiger charge is 2.28. The molecule has 0 saturated carbocycles. The summed E-state index contributed by atoms with van der Waals surface area (Å²) in [5.41, 5.74) is 6.07. The van der Waals surface area contributed by atoms with Crippen LogP contribution in [0.1, 0.15) is 37.4 Å². The molecule has 0 unspecified atom stereocenters. The molecule has 0 heterocycles. The summed E-state index contributed by atoms with van der Waals surface area (Å²) < 4.78 is 0. The predicted molar refractivity (Wildman–Crippen MR) is 105 cm³/mol. The van der Waals surface area contributed by atoms with Gasteiger partial charge in [-0.05, 0) is 76.2 Å². The van der Waals surface area contributed by atoms with Crippen LogP contribution >= 0.6 is 0 Å². The fourth-order valence-electron chi connectivity index (χ4n) is 3.73. The van der Waals surface area contributed by atoms with Crippen molar-refractivity contribution in [2.24, 2.45) is 5.84 Å². The second-order valence-electron chi connectivity index (χ2n) is 6.75. The van der Waals surface area contributed by atoms with E-state index < -0.39 is 11.9 Å². The number of rotatable bonds is 3. The lowest BCUT2D eigenvalue weighted by Crippen LogP contribution is -2.30. The van der Waals surface area contributed by atoms with Gasteiger partial charge in [0.25, 0.3) is 5.91 Å². The maximum absolute atomic E-state index is 12.0. The first-order valence-electron chi connectivity index (χ1n) is 8.77. The van der Waals surface area contributed by atoms with Crippen molar-refractivity contribution in [2.75, 3.05) is 0 Å². The number of carboxylic acid groups (broad SMARTS) is 1. The summed E-state index contributed by atoms with van der Waals surface area (Å²) in [6.07, 6.45) is 5.06. The lowest BCUT2D eigenvalue weighted by molar-refractivity contribution is -0.110. The highest BCUT2D eigenvalue weighted by molar-refractivity contribution is 6.07. The van der Waals surface area contributed by atoms with Gasteiger partial charge >= 0.3 is 5.97 Å². The number of nitrogens with two attached hydrogens (primary N) is 1. The Kier molecular flexibility index (Phi) is 4.37. The number of allylic oxidation sites excluding steroid dienone is 5. The van der Waals surface area contributed by atoms with Gasteiger partial charge < -0.3 is 10.2 Å². The normalized spacial score (nSPS) is 14.8. The maximum atomic E-state index is 12.0. The van der Waals surface area contributed by atoms with Crippen molar-refractivity contribution in [3.8, 4) is 5.75 Å². The molecule has 7 nitrogen and oxygen atoms in total. The van der Waals surface area contributed by atoms with Crippen molar-refractivity contribution in [1.82, 2.24) is 5.43 Å². The number of fused-ring (bicyclic) bond motifs is 2. The molecule has 0 saturated heterocycles. The lowest BCUT2D eigenvalue weighted by atomic mass is 9.76. The highest BCUT2D eigenvalue weighted by atomic mass is 16.4. The molecule has 2 aromatic rings. The molecular weight excluding hydrogens is 372 g/mol. The van der Waals surface area contributed by atoms with Gasteiger partial charge in [0.1, 0.15) is 5.75 Å². The number of aromatic carboxylic acids is 1. The Morgan fingerprint density at radius 3 is 2.52 bits per heavy atom. The van der Waals surface area contributed by atoms with Crippen LogP contribution in [0.25, 0.3) is 5.57 Å². The number of ketones is 1. The van der Waals surface area contributed by atoms with Gasteiger partial charge in [0.05, 0.1) is 5.56 Å². The summed E-state index contributed by atoms with van der Waals surface area (Å²) in [6, 6.07) is 9.17. The van der Waals surface area contributed by atoms with E-state index in [0.29, 0.717) is 17.6 Å². The third-order valence-electron chi connectivity index (χ3n) is 5.00. The van der Waals surface area contributed by atoms with E-state index in [1.165, 1.54) is 30.4 Å². The van der Waals surface area contributed by atoms with Crippen LogP contribution in [-0.4, -0.2) is 27.9 Å². The molecule has 2 aliphatic rings. The molecule has 0 spiro atoms. The van der Waals surface area contributed by atoms with Crippen molar-refractivity contribution in [3.63, 3.8) is 0 Å². The molecule has 0 atom stereocenters. The second-order valence-corrected chi connectivity index (χ2v) is 6.75. The van der Waals surface area contributed by atoms with Crippen molar-refractivity contribution >= 4 is 23.2 Å². The van der Waals surface area contributed by atoms with Gasteiger partial charge in [-0.25, -0.2) is 10.6 Å². The smallest absolute Gasteiger partial charge is 0.336 e. The zero-order valence-corrected chi connectivity index (χ0v) is 15.1. The Balaban J connectivity index is 2.03. The molecule has 0 bridgehead atoms. The number of hydrazine groups is 1. The summed E-state index contributed by atoms with van der Waals surface area (Å²) in [5, 5.41) is 19.7. The standard InChI is InChI=1S/C22H16N2O5/c23-24-21(27)11-1-4-18(19(10-11)22(28)29)20-16-5-2-14(25)8-12(16)7-13-9-15(26)3-6-17(13)20/h1-6,8-10,25H,7,23H2,(H,24,27)(H,28,29). The highest BCUT2D eigenvalue weighted by Crippen LogP contribution is 2.42. The van der Waals surface area contributed by atoms with Crippen LogP contribution < -0.4 is 11.3 Å². The summed E-state index contributed by atoms with van der Waals surface area (Å²) in [5.74, 6) is 3.29. The molecule has 0 fully saturated rings. The van der Waals surface area contributed by atoms with Crippen molar-refractivity contribution < 1.29 is 24.6 Å². The van der Waals surface area contributed by atoms with Gasteiger partial charge in [0.2, 0.25) is 0 Å². The van der Waals surface area contributed by atoms with Gasteiger partial charge in [-0.15, -0.1) is 0 Å². The number of aromatic hydroxyl groups is 1. The first-order chi connectivity index (χ1) is 13.9. The van der Waals surface area contributed by atoms with E-state index in [2.05, 4.69) is 0 Å². The van der Waals surface area contributed by atoms with Gasteiger partial charge in [-0.2, -0.15) is 0 Å². The molecular formula is C22H16N2O5. The molecule has 29 heavy (non-hydrogen) atoms. The number of nitrogen functional groups attached to an aromatic ring is 1. The first-order valence-corrected chi connectivity index (χ1v) is 8.77. The average molecular weight is 388 g/mol. The molecule has 4 rings (SSSR count). The molecule has 0 radical (unpaired) electrons. The molecule has 0 aromatic heterocycles. The van der Waals surface area contributed by atoms with Gasteiger partial charge in [-0.1, -0.05) is 18.2 Å². The van der Waals surface area contributed by atoms with E-state index in [-0.39, 0.29) is 22.7 Å². The van der Waals surface area contributed by atoms with Crippen molar-refractivity contribution in [3.05, 3.63) is 93.6 Å². The molecule has 5 N–H and O–H groups in total. The van der Waals surface area contributed by atoms with Gasteiger partial charge in [0, 0.05) is 5.56 Å². The van der Waals surface area contributed by atoms with Crippen LogP contribution in [0, 0.1) is 0 Å². The third kappa shape index (κ3) is 3.13. The second kappa shape index (κ2) is 6.88. The minimum Gasteiger partial charge on any atom is -0.508 e. The van der Waals surface area contributed by atoms with Crippen LogP contribution in [-0.2, 0) is 11.2 Å². The Labute approximate surface area is 165 Å². The number of carbonyl (C=O) groups is 3. The zero-order chi connectivity index (χ0) is 20.7. The topological polar surface area (TPSA) is 130 Å².